The van der Waals surface area contributed by atoms with Gasteiger partial charge in [0.05, 0.1) is 37.1 Å². The second-order valence-corrected chi connectivity index (χ2v) is 14.8. The Morgan fingerprint density at radius 2 is 1.67 bits per heavy atom. The maximum absolute atomic E-state index is 14.0. The molecule has 4 N–H and O–H groups in total. The molecule has 0 spiro atoms. The van der Waals surface area contributed by atoms with Crippen LogP contribution in [0.2, 0.25) is 0 Å². The van der Waals surface area contributed by atoms with E-state index in [0.717, 1.165) is 54.5 Å². The molecule has 1 aliphatic rings. The van der Waals surface area contributed by atoms with Gasteiger partial charge in [-0.25, -0.2) is 0 Å². The van der Waals surface area contributed by atoms with Crippen LogP contribution in [0.3, 0.4) is 0 Å². The van der Waals surface area contributed by atoms with E-state index in [0.29, 0.717) is 40.2 Å². The molecule has 308 valence electrons. The lowest BCUT2D eigenvalue weighted by Crippen LogP contribution is -2.31. The zero-order valence-electron chi connectivity index (χ0n) is 33.9. The lowest BCUT2D eigenvalue weighted by atomic mass is 9.87. The van der Waals surface area contributed by atoms with Gasteiger partial charge in [-0.05, 0) is 110 Å². The van der Waals surface area contributed by atoms with E-state index < -0.39 is 5.97 Å². The fourth-order valence-corrected chi connectivity index (χ4v) is 7.86. The van der Waals surface area contributed by atoms with E-state index >= 15 is 0 Å². The molecule has 0 saturated heterocycles. The van der Waals surface area contributed by atoms with Crippen molar-refractivity contribution in [1.82, 2.24) is 20.2 Å². The van der Waals surface area contributed by atoms with E-state index in [1.807, 2.05) is 77.5 Å². The van der Waals surface area contributed by atoms with Gasteiger partial charge in [0.25, 0.3) is 17.7 Å². The van der Waals surface area contributed by atoms with Gasteiger partial charge in [0.15, 0.2) is 0 Å². The predicted octanol–water partition coefficient (Wildman–Crippen LogP) is 7.88. The smallest absolute Gasteiger partial charge is 0.305 e. The molecular formula is C48H50N6O6. The molecule has 0 fully saturated rings. The van der Waals surface area contributed by atoms with Crippen molar-refractivity contribution in [3.05, 3.63) is 149 Å². The van der Waals surface area contributed by atoms with Crippen LogP contribution in [0.1, 0.15) is 86.9 Å². The first-order valence-corrected chi connectivity index (χ1v) is 20.5. The van der Waals surface area contributed by atoms with Gasteiger partial charge in [-0.3, -0.25) is 24.2 Å². The summed E-state index contributed by atoms with van der Waals surface area (Å²) < 4.78 is 7.32. The van der Waals surface area contributed by atoms with Crippen molar-refractivity contribution in [3.63, 3.8) is 0 Å². The van der Waals surface area contributed by atoms with E-state index in [1.165, 1.54) is 11.1 Å². The number of nitrogens with one attached hydrogen (secondary N) is 3. The van der Waals surface area contributed by atoms with Crippen molar-refractivity contribution < 1.29 is 29.0 Å². The number of hydrogen-bond donors (Lipinski definition) is 4. The molecule has 2 aromatic heterocycles. The van der Waals surface area contributed by atoms with Crippen LogP contribution in [-0.2, 0) is 22.5 Å². The van der Waals surface area contributed by atoms with E-state index in [9.17, 15) is 19.2 Å². The lowest BCUT2D eigenvalue weighted by Gasteiger charge is -2.26. The summed E-state index contributed by atoms with van der Waals surface area (Å²) in [5.41, 5.74) is 8.50. The van der Waals surface area contributed by atoms with Crippen molar-refractivity contribution >= 4 is 46.0 Å². The number of rotatable bonds is 17. The van der Waals surface area contributed by atoms with Crippen LogP contribution >= 0.6 is 0 Å². The van der Waals surface area contributed by atoms with Crippen molar-refractivity contribution in [2.75, 3.05) is 43.1 Å². The van der Waals surface area contributed by atoms with Crippen LogP contribution < -0.4 is 20.9 Å². The molecule has 0 bridgehead atoms. The van der Waals surface area contributed by atoms with Gasteiger partial charge >= 0.3 is 5.97 Å². The summed E-state index contributed by atoms with van der Waals surface area (Å²) in [4.78, 5) is 58.4. The van der Waals surface area contributed by atoms with E-state index in [2.05, 4.69) is 46.8 Å². The normalized spacial score (nSPS) is 13.3. The minimum absolute atomic E-state index is 0.0630. The zero-order valence-corrected chi connectivity index (χ0v) is 33.9. The molecule has 1 atom stereocenters. The SMILES string of the molecule is CCN(CC)c1ccc(NC(=O)c2cccc(Cn3ccc4c(C(=O)NCCOCCC(=O)O)cccc43)c2)c(-c2cc(C(=O)NC3CCCc4ccccc43)ccn2)c1. The maximum atomic E-state index is 14.0. The number of aromatic nitrogens is 2. The van der Waals surface area contributed by atoms with Gasteiger partial charge in [0.2, 0.25) is 0 Å². The minimum atomic E-state index is -0.934. The number of fused-ring (bicyclic) bond motifs is 2. The standard InChI is InChI=1S/C48H50N6O6/c1-3-53(4-2)36-18-19-42(40(30-36)43-29-35(20-23-49-43)47(58)51-41-16-8-12-33-11-5-6-14-37(33)41)52-46(57)34-13-7-10-32(28-34)31-54-25-21-38-39(15-9-17-44(38)54)48(59)50-24-27-60-26-22-45(55)56/h5-7,9-11,13-15,17-21,23,25,28-30,41H,3-4,8,12,16,22,24,26-27,31H2,1-2H3,(H,50,59)(H,51,58)(H,52,57)(H,55,56). The van der Waals surface area contributed by atoms with Crippen LogP contribution in [0.15, 0.2) is 116 Å². The Bertz CT molecular complexity index is 2510. The molecule has 1 unspecified atom stereocenters. The van der Waals surface area contributed by atoms with E-state index in [1.54, 1.807) is 30.5 Å². The first kappa shape index (κ1) is 41.4. The first-order valence-electron chi connectivity index (χ1n) is 20.5. The average molecular weight is 807 g/mol. The number of carbonyl (C=O) groups is 4. The zero-order chi connectivity index (χ0) is 42.0. The summed E-state index contributed by atoms with van der Waals surface area (Å²) in [5, 5.41) is 18.8. The highest BCUT2D eigenvalue weighted by atomic mass is 16.5. The van der Waals surface area contributed by atoms with Gasteiger partial charge in [0, 0.05) is 77.4 Å². The number of aliphatic carboxylic acids is 1. The van der Waals surface area contributed by atoms with Crippen LogP contribution in [0.5, 0.6) is 0 Å². The number of nitrogens with zero attached hydrogens (tertiary/aromatic N) is 3. The van der Waals surface area contributed by atoms with E-state index in [-0.39, 0.29) is 49.9 Å². The molecule has 0 saturated carbocycles. The quantitative estimate of drug-likeness (QED) is 0.0679. The predicted molar refractivity (Wildman–Crippen MR) is 234 cm³/mol. The van der Waals surface area contributed by atoms with Crippen molar-refractivity contribution in [3.8, 4) is 11.3 Å². The molecule has 6 aromatic rings. The van der Waals surface area contributed by atoms with Crippen LogP contribution in [0, 0.1) is 0 Å². The second-order valence-electron chi connectivity index (χ2n) is 14.8. The van der Waals surface area contributed by atoms with Gasteiger partial charge < -0.3 is 35.3 Å². The largest absolute Gasteiger partial charge is 0.481 e. The number of pyridine rings is 1. The molecule has 0 aliphatic heterocycles. The highest BCUT2D eigenvalue weighted by Gasteiger charge is 2.23. The number of carbonyl (C=O) groups excluding carboxylic acids is 3. The fraction of sp³-hybridized carbons (Fsp3) is 0.271. The molecule has 1 aliphatic carbocycles. The topological polar surface area (TPSA) is 155 Å². The number of anilines is 2. The highest BCUT2D eigenvalue weighted by molar-refractivity contribution is 6.07. The monoisotopic (exact) mass is 806 g/mol. The molecule has 12 heteroatoms. The number of ether oxygens (including phenoxy) is 1. The second kappa shape index (κ2) is 19.3. The van der Waals surface area contributed by atoms with Crippen LogP contribution in [0.25, 0.3) is 22.2 Å². The fourth-order valence-electron chi connectivity index (χ4n) is 7.86. The van der Waals surface area contributed by atoms with Crippen LogP contribution in [0.4, 0.5) is 11.4 Å². The number of aryl methyl sites for hydroxylation is 1. The number of amides is 3. The summed E-state index contributed by atoms with van der Waals surface area (Å²) in [6.07, 6.45) is 6.37. The van der Waals surface area contributed by atoms with Crippen LogP contribution in [-0.4, -0.2) is 71.2 Å². The van der Waals surface area contributed by atoms with Gasteiger partial charge in [-0.15, -0.1) is 0 Å². The molecule has 0 radical (unpaired) electrons. The third-order valence-corrected chi connectivity index (χ3v) is 10.9. The molecular weight excluding hydrogens is 757 g/mol. The molecule has 7 rings (SSSR count). The third-order valence-electron chi connectivity index (χ3n) is 10.9. The molecule has 12 nitrogen and oxygen atoms in total. The van der Waals surface area contributed by atoms with Crippen molar-refractivity contribution in [2.24, 2.45) is 0 Å². The summed E-state index contributed by atoms with van der Waals surface area (Å²) in [7, 11) is 0. The number of benzene rings is 4. The van der Waals surface area contributed by atoms with Gasteiger partial charge in [-0.2, -0.15) is 0 Å². The van der Waals surface area contributed by atoms with Crippen molar-refractivity contribution in [2.45, 2.75) is 52.1 Å². The highest BCUT2D eigenvalue weighted by Crippen LogP contribution is 2.33. The molecule has 60 heavy (non-hydrogen) atoms. The Balaban J connectivity index is 1.08. The van der Waals surface area contributed by atoms with Gasteiger partial charge in [-0.1, -0.05) is 42.5 Å². The summed E-state index contributed by atoms with van der Waals surface area (Å²) >= 11 is 0. The van der Waals surface area contributed by atoms with Crippen molar-refractivity contribution in [1.29, 1.82) is 0 Å². The molecule has 3 amide bonds. The lowest BCUT2D eigenvalue weighted by molar-refractivity contribution is -0.138. The molecule has 4 aromatic carbocycles. The summed E-state index contributed by atoms with van der Waals surface area (Å²) in [5.74, 6) is -1.65. The average Bonchev–Trinajstić information content (AvgIpc) is 3.68. The van der Waals surface area contributed by atoms with Gasteiger partial charge in [0.1, 0.15) is 0 Å². The maximum Gasteiger partial charge on any atom is 0.305 e. The minimum Gasteiger partial charge on any atom is -0.481 e. The number of carboxylic acid groups (broad SMARTS) is 1. The first-order chi connectivity index (χ1) is 29.2. The number of carboxylic acids is 1. The Morgan fingerprint density at radius 3 is 2.50 bits per heavy atom. The number of hydrogen-bond acceptors (Lipinski definition) is 7. The Morgan fingerprint density at radius 1 is 0.850 bits per heavy atom. The third kappa shape index (κ3) is 9.73. The Hall–Kier alpha value is -6.79. The van der Waals surface area contributed by atoms with E-state index in [4.69, 9.17) is 14.8 Å². The Labute approximate surface area is 349 Å². The summed E-state index contributed by atoms with van der Waals surface area (Å²) in [6, 6.07) is 32.5. The molecule has 2 heterocycles. The Kier molecular flexibility index (Phi) is 13.3. The summed E-state index contributed by atoms with van der Waals surface area (Å²) in [6.45, 7) is 6.79.